The Morgan fingerprint density at radius 1 is 1.67 bits per heavy atom. The summed E-state index contributed by atoms with van der Waals surface area (Å²) >= 11 is 0. The van der Waals surface area contributed by atoms with Gasteiger partial charge in [-0.3, -0.25) is 4.79 Å². The smallest absolute Gasteiger partial charge is 0.197 e. The minimum atomic E-state index is -0.567. The van der Waals surface area contributed by atoms with Crippen LogP contribution in [0.2, 0.25) is 0 Å². The average molecular weight is 417 g/mol. The van der Waals surface area contributed by atoms with Crippen LogP contribution in [0.4, 0.5) is 4.79 Å². The van der Waals surface area contributed by atoms with Crippen LogP contribution in [0, 0.1) is 6.61 Å². The summed E-state index contributed by atoms with van der Waals surface area (Å²) < 4.78 is 4.55. The van der Waals surface area contributed by atoms with Gasteiger partial charge in [0.25, 0.3) is 0 Å². The van der Waals surface area contributed by atoms with E-state index in [0.29, 0.717) is 0 Å². The molecule has 0 fully saturated rings. The molecule has 69 valence electrons. The van der Waals surface area contributed by atoms with E-state index in [2.05, 4.69) is 15.4 Å². The first-order chi connectivity index (χ1) is 4.70. The van der Waals surface area contributed by atoms with Crippen molar-refractivity contribution in [2.45, 2.75) is 13.0 Å². The van der Waals surface area contributed by atoms with Crippen LogP contribution >= 0.6 is 0 Å². The standard InChI is InChI=1S/C6H13N2O2.W.Y/c1-5(7-2)4-10-6(9)8-3;;/h4-5,7H,1-3H3,(H,8,9);;/q-1;;/p-1. The Morgan fingerprint density at radius 2 is 2.17 bits per heavy atom. The first kappa shape index (κ1) is 18.7. The zero-order valence-corrected chi connectivity index (χ0v) is 13.2. The molecule has 0 saturated carbocycles. The second-order valence-electron chi connectivity index (χ2n) is 1.82. The van der Waals surface area contributed by atoms with Crippen molar-refractivity contribution in [3.8, 4) is 0 Å². The van der Waals surface area contributed by atoms with E-state index in [1.54, 1.807) is 7.05 Å². The van der Waals surface area contributed by atoms with Gasteiger partial charge in [0.1, 0.15) is 0 Å². The molecule has 1 N–H and O–H groups in total. The van der Waals surface area contributed by atoms with E-state index in [0.717, 1.165) is 0 Å². The summed E-state index contributed by atoms with van der Waals surface area (Å²) in [6, 6.07) is 0.0608. The van der Waals surface area contributed by atoms with Gasteiger partial charge >= 0.3 is 0 Å². The van der Waals surface area contributed by atoms with Crippen molar-refractivity contribution in [2.75, 3.05) is 14.1 Å². The quantitative estimate of drug-likeness (QED) is 0.695. The summed E-state index contributed by atoms with van der Waals surface area (Å²) in [7, 11) is 3.16. The molecule has 0 saturated heterocycles. The van der Waals surface area contributed by atoms with E-state index in [1.165, 1.54) is 13.7 Å². The Morgan fingerprint density at radius 3 is 2.50 bits per heavy atom. The van der Waals surface area contributed by atoms with Gasteiger partial charge in [0, 0.05) is 53.8 Å². The van der Waals surface area contributed by atoms with E-state index < -0.39 is 6.09 Å². The predicted molar refractivity (Wildman–Crippen MR) is 38.6 cm³/mol. The molecule has 4 nitrogen and oxygen atoms in total. The summed E-state index contributed by atoms with van der Waals surface area (Å²) in [5.41, 5.74) is 0. The Labute approximate surface area is 113 Å². The van der Waals surface area contributed by atoms with Crippen LogP contribution in [0.25, 0.3) is 5.32 Å². The summed E-state index contributed by atoms with van der Waals surface area (Å²) in [5, 5.41) is 6.14. The van der Waals surface area contributed by atoms with Crippen LogP contribution in [0.5, 0.6) is 0 Å². The number of nitrogens with zero attached hydrogens (tertiary/aromatic N) is 1. The summed E-state index contributed by atoms with van der Waals surface area (Å²) in [5.74, 6) is 0. The van der Waals surface area contributed by atoms with Gasteiger partial charge in [-0.15, -0.1) is 13.7 Å². The van der Waals surface area contributed by atoms with Crippen LogP contribution in [0.1, 0.15) is 6.92 Å². The fraction of sp³-hybridized carbons (Fsp3) is 0.667. The maximum absolute atomic E-state index is 10.4. The second-order valence-corrected chi connectivity index (χ2v) is 1.82. The number of carbonyl (C=O) groups is 1. The molecule has 12 heavy (non-hydrogen) atoms. The van der Waals surface area contributed by atoms with E-state index in [9.17, 15) is 4.79 Å². The Bertz CT molecular complexity index is 116. The molecule has 1 radical (unpaired) electrons. The van der Waals surface area contributed by atoms with Crippen LogP contribution in [-0.4, -0.2) is 26.2 Å². The number of hydrogen-bond donors (Lipinski definition) is 1. The molecule has 0 bridgehead atoms. The zero-order valence-electron chi connectivity index (χ0n) is 7.40. The van der Waals surface area contributed by atoms with Gasteiger partial charge in [-0.2, -0.15) is 0 Å². The summed E-state index contributed by atoms with van der Waals surface area (Å²) in [6.07, 6.45) is -0.567. The van der Waals surface area contributed by atoms with E-state index in [4.69, 9.17) is 0 Å². The zero-order chi connectivity index (χ0) is 7.98. The summed E-state index contributed by atoms with van der Waals surface area (Å²) in [4.78, 5) is 10.4. The molecule has 1 unspecified atom stereocenters. The molecular formula is C6H12N2O2WY-2. The third-order valence-corrected chi connectivity index (χ3v) is 1.01. The van der Waals surface area contributed by atoms with Gasteiger partial charge in [-0.05, 0) is 7.05 Å². The van der Waals surface area contributed by atoms with Gasteiger partial charge < -0.3 is 15.4 Å². The van der Waals surface area contributed by atoms with Crippen molar-refractivity contribution in [2.24, 2.45) is 0 Å². The fourth-order valence-corrected chi connectivity index (χ4v) is 0.281. The van der Waals surface area contributed by atoms with E-state index >= 15 is 0 Å². The number of ether oxygens (including phenoxy) is 1. The van der Waals surface area contributed by atoms with Gasteiger partial charge in [-0.1, -0.05) is 13.0 Å². The average Bonchev–Trinajstić information content (AvgIpc) is 1.99. The van der Waals surface area contributed by atoms with Gasteiger partial charge in [0.15, 0.2) is 6.09 Å². The monoisotopic (exact) mass is 417 g/mol. The summed E-state index contributed by atoms with van der Waals surface area (Å²) in [6.45, 7) is 3.26. The molecule has 1 atom stereocenters. The van der Waals surface area contributed by atoms with Crippen LogP contribution in [0.15, 0.2) is 0 Å². The van der Waals surface area contributed by atoms with Crippen molar-refractivity contribution < 1.29 is 63.3 Å². The van der Waals surface area contributed by atoms with Crippen LogP contribution in [-0.2, 0) is 58.5 Å². The molecule has 0 aromatic carbocycles. The molecule has 0 heterocycles. The number of likely N-dealkylation sites (N-methyl/N-ethyl adjacent to an activating group) is 1. The largest absolute Gasteiger partial charge is 0.648 e. The molecule has 0 aliphatic carbocycles. The third kappa shape index (κ3) is 11.0. The molecule has 0 aliphatic heterocycles. The number of nitrogens with one attached hydrogen (secondary N) is 1. The van der Waals surface area contributed by atoms with Crippen LogP contribution < -0.4 is 5.32 Å². The fourth-order valence-electron chi connectivity index (χ4n) is 0.281. The molecule has 0 spiro atoms. The maximum Gasteiger partial charge on any atom is 0.197 e. The first-order valence-corrected chi connectivity index (χ1v) is 3.01. The van der Waals surface area contributed by atoms with Gasteiger partial charge in [0.05, 0.1) is 0 Å². The second kappa shape index (κ2) is 12.0. The molecule has 0 aliphatic rings. The SMILES string of the molecule is C[N-]C(=O)O[CH-]C(C)NC.[W].[Y]. The predicted octanol–water partition coefficient (Wildman–Crippen LogP) is 0.891. The van der Waals surface area contributed by atoms with Crippen molar-refractivity contribution in [1.29, 1.82) is 0 Å². The van der Waals surface area contributed by atoms with E-state index in [1.807, 2.05) is 6.92 Å². The first-order valence-electron chi connectivity index (χ1n) is 3.01. The minimum Gasteiger partial charge on any atom is -0.648 e. The Hall–Kier alpha value is 1.02. The van der Waals surface area contributed by atoms with Crippen molar-refractivity contribution >= 4 is 6.09 Å². The Balaban J connectivity index is -0.000000405. The van der Waals surface area contributed by atoms with Crippen molar-refractivity contribution in [3.63, 3.8) is 0 Å². The normalized spacial score (nSPS) is 10.2. The molecule has 6 heteroatoms. The number of hydrogen-bond acceptors (Lipinski definition) is 3. The van der Waals surface area contributed by atoms with E-state index in [-0.39, 0.29) is 59.8 Å². The van der Waals surface area contributed by atoms with Crippen molar-refractivity contribution in [3.05, 3.63) is 11.9 Å². The minimum absolute atomic E-state index is 0. The number of amides is 1. The molecule has 0 aromatic rings. The number of carbonyl (C=O) groups excluding carboxylic acids is 1. The van der Waals surface area contributed by atoms with Crippen LogP contribution in [0.3, 0.4) is 0 Å². The van der Waals surface area contributed by atoms with Gasteiger partial charge in [0.2, 0.25) is 0 Å². The maximum atomic E-state index is 10.4. The van der Waals surface area contributed by atoms with Crippen molar-refractivity contribution in [1.82, 2.24) is 5.32 Å². The molecule has 0 aromatic heterocycles. The number of rotatable bonds is 3. The van der Waals surface area contributed by atoms with Gasteiger partial charge in [-0.25, -0.2) is 0 Å². The molecule has 0 rings (SSSR count). The topological polar surface area (TPSA) is 52.4 Å². The third-order valence-electron chi connectivity index (χ3n) is 1.01. The molecule has 1 amide bonds. The molecular weight excluding hydrogens is 405 g/mol. The Kier molecular flexibility index (Phi) is 18.8.